The Morgan fingerprint density at radius 3 is 2.69 bits per heavy atom. The summed E-state index contributed by atoms with van der Waals surface area (Å²) >= 11 is 0. The van der Waals surface area contributed by atoms with E-state index in [9.17, 15) is 9.18 Å². The standard InChI is InChI=1S/C10H8FN3O2/c1-16-10(15)9-6-14(13-12-9)8-4-2-7(11)3-5-8/h2-6H,1H3. The van der Waals surface area contributed by atoms with Crippen molar-refractivity contribution in [2.45, 2.75) is 0 Å². The summed E-state index contributed by atoms with van der Waals surface area (Å²) in [6.07, 6.45) is 1.42. The molecule has 0 radical (unpaired) electrons. The molecule has 6 heteroatoms. The molecule has 0 N–H and O–H groups in total. The molecule has 0 saturated carbocycles. The van der Waals surface area contributed by atoms with Crippen LogP contribution in [-0.2, 0) is 4.74 Å². The molecule has 1 heterocycles. The van der Waals surface area contributed by atoms with Gasteiger partial charge in [0.1, 0.15) is 5.82 Å². The quantitative estimate of drug-likeness (QED) is 0.715. The van der Waals surface area contributed by atoms with E-state index in [-0.39, 0.29) is 11.5 Å². The number of nitrogens with zero attached hydrogens (tertiary/aromatic N) is 3. The Hall–Kier alpha value is -2.24. The Kier molecular flexibility index (Phi) is 2.63. The molecule has 0 fully saturated rings. The summed E-state index contributed by atoms with van der Waals surface area (Å²) in [5, 5.41) is 7.36. The molecule has 0 aliphatic carbocycles. The average Bonchev–Trinajstić information content (AvgIpc) is 2.78. The molecule has 2 aromatic rings. The van der Waals surface area contributed by atoms with Crippen LogP contribution in [0.3, 0.4) is 0 Å². The van der Waals surface area contributed by atoms with E-state index in [0.717, 1.165) is 0 Å². The first-order valence-electron chi connectivity index (χ1n) is 4.47. The smallest absolute Gasteiger partial charge is 0.360 e. The van der Waals surface area contributed by atoms with E-state index in [1.807, 2.05) is 0 Å². The maximum Gasteiger partial charge on any atom is 0.360 e. The third-order valence-corrected chi connectivity index (χ3v) is 1.98. The van der Waals surface area contributed by atoms with E-state index in [2.05, 4.69) is 15.0 Å². The molecule has 0 spiro atoms. The zero-order chi connectivity index (χ0) is 11.5. The van der Waals surface area contributed by atoms with Crippen molar-refractivity contribution in [3.8, 4) is 5.69 Å². The van der Waals surface area contributed by atoms with Crippen LogP contribution in [0, 0.1) is 5.82 Å². The molecule has 0 unspecified atom stereocenters. The fourth-order valence-electron chi connectivity index (χ4n) is 1.18. The second-order valence-electron chi connectivity index (χ2n) is 3.02. The zero-order valence-electron chi connectivity index (χ0n) is 8.42. The van der Waals surface area contributed by atoms with Gasteiger partial charge in [-0.15, -0.1) is 5.10 Å². The predicted molar refractivity (Wildman–Crippen MR) is 52.7 cm³/mol. The van der Waals surface area contributed by atoms with Crippen LogP contribution in [0.2, 0.25) is 0 Å². The number of esters is 1. The monoisotopic (exact) mass is 221 g/mol. The van der Waals surface area contributed by atoms with Gasteiger partial charge in [0.2, 0.25) is 0 Å². The minimum absolute atomic E-state index is 0.104. The number of carbonyl (C=O) groups excluding carboxylic acids is 1. The van der Waals surface area contributed by atoms with Crippen molar-refractivity contribution in [1.82, 2.24) is 15.0 Å². The van der Waals surface area contributed by atoms with Gasteiger partial charge in [-0.1, -0.05) is 5.21 Å². The van der Waals surface area contributed by atoms with Gasteiger partial charge in [0.25, 0.3) is 0 Å². The first-order chi connectivity index (χ1) is 7.70. The molecule has 1 aromatic heterocycles. The minimum Gasteiger partial charge on any atom is -0.464 e. The van der Waals surface area contributed by atoms with Crippen molar-refractivity contribution in [3.63, 3.8) is 0 Å². The first kappa shape index (κ1) is 10.3. The lowest BCUT2D eigenvalue weighted by molar-refractivity contribution is 0.0594. The summed E-state index contributed by atoms with van der Waals surface area (Å²) < 4.78 is 18.5. The fourth-order valence-corrected chi connectivity index (χ4v) is 1.18. The van der Waals surface area contributed by atoms with Crippen LogP contribution in [0.25, 0.3) is 5.69 Å². The second-order valence-corrected chi connectivity index (χ2v) is 3.02. The Morgan fingerprint density at radius 2 is 2.06 bits per heavy atom. The minimum atomic E-state index is -0.562. The van der Waals surface area contributed by atoms with Crippen molar-refractivity contribution in [1.29, 1.82) is 0 Å². The number of hydrogen-bond acceptors (Lipinski definition) is 4. The van der Waals surface area contributed by atoms with E-state index in [4.69, 9.17) is 0 Å². The van der Waals surface area contributed by atoms with Crippen LogP contribution in [0.5, 0.6) is 0 Å². The lowest BCUT2D eigenvalue weighted by atomic mass is 10.3. The molecule has 5 nitrogen and oxygen atoms in total. The van der Waals surface area contributed by atoms with E-state index >= 15 is 0 Å². The van der Waals surface area contributed by atoms with E-state index in [0.29, 0.717) is 5.69 Å². The fraction of sp³-hybridized carbons (Fsp3) is 0.100. The lowest BCUT2D eigenvalue weighted by Gasteiger charge is -1.98. The van der Waals surface area contributed by atoms with Gasteiger partial charge < -0.3 is 4.74 Å². The molecule has 0 bridgehead atoms. The molecule has 2 rings (SSSR count). The van der Waals surface area contributed by atoms with Gasteiger partial charge in [-0.25, -0.2) is 13.9 Å². The van der Waals surface area contributed by atoms with Crippen LogP contribution in [0.4, 0.5) is 4.39 Å². The Bertz CT molecular complexity index is 507. The molecular formula is C10H8FN3O2. The van der Waals surface area contributed by atoms with Gasteiger partial charge in [0.05, 0.1) is 19.0 Å². The molecule has 16 heavy (non-hydrogen) atoms. The third kappa shape index (κ3) is 1.90. The number of halogens is 1. The van der Waals surface area contributed by atoms with E-state index < -0.39 is 5.97 Å². The summed E-state index contributed by atoms with van der Waals surface area (Å²) in [7, 11) is 1.26. The third-order valence-electron chi connectivity index (χ3n) is 1.98. The molecule has 1 aromatic carbocycles. The first-order valence-corrected chi connectivity index (χ1v) is 4.47. The van der Waals surface area contributed by atoms with Crippen LogP contribution in [0.15, 0.2) is 30.5 Å². The molecule has 0 aliphatic rings. The SMILES string of the molecule is COC(=O)c1cn(-c2ccc(F)cc2)nn1. The molecule has 0 aliphatic heterocycles. The topological polar surface area (TPSA) is 57.0 Å². The predicted octanol–water partition coefficient (Wildman–Crippen LogP) is 1.19. The van der Waals surface area contributed by atoms with Gasteiger partial charge in [-0.3, -0.25) is 0 Å². The number of rotatable bonds is 2. The van der Waals surface area contributed by atoms with Gasteiger partial charge in [0, 0.05) is 0 Å². The van der Waals surface area contributed by atoms with Crippen LogP contribution >= 0.6 is 0 Å². The van der Waals surface area contributed by atoms with Crippen LogP contribution in [0.1, 0.15) is 10.5 Å². The van der Waals surface area contributed by atoms with Crippen LogP contribution in [-0.4, -0.2) is 28.1 Å². The number of ether oxygens (including phenoxy) is 1. The maximum atomic E-state index is 12.7. The van der Waals surface area contributed by atoms with Crippen molar-refractivity contribution >= 4 is 5.97 Å². The highest BCUT2D eigenvalue weighted by Crippen LogP contribution is 2.08. The number of benzene rings is 1. The zero-order valence-corrected chi connectivity index (χ0v) is 8.42. The molecule has 82 valence electrons. The number of aromatic nitrogens is 3. The number of hydrogen-bond donors (Lipinski definition) is 0. The van der Waals surface area contributed by atoms with Crippen molar-refractivity contribution < 1.29 is 13.9 Å². The summed E-state index contributed by atoms with van der Waals surface area (Å²) in [5.41, 5.74) is 0.718. The summed E-state index contributed by atoms with van der Waals surface area (Å²) in [5.74, 6) is -0.898. The molecule has 0 atom stereocenters. The largest absolute Gasteiger partial charge is 0.464 e. The summed E-state index contributed by atoms with van der Waals surface area (Å²) in [6, 6.07) is 5.67. The Labute approximate surface area is 90.5 Å². The van der Waals surface area contributed by atoms with Gasteiger partial charge in [0.15, 0.2) is 5.69 Å². The Morgan fingerprint density at radius 1 is 1.38 bits per heavy atom. The highest BCUT2D eigenvalue weighted by atomic mass is 19.1. The highest BCUT2D eigenvalue weighted by molar-refractivity contribution is 5.86. The lowest BCUT2D eigenvalue weighted by Crippen LogP contribution is -2.01. The van der Waals surface area contributed by atoms with Crippen LogP contribution < -0.4 is 0 Å². The van der Waals surface area contributed by atoms with Gasteiger partial charge in [-0.2, -0.15) is 0 Å². The summed E-state index contributed by atoms with van der Waals surface area (Å²) in [6.45, 7) is 0. The van der Waals surface area contributed by atoms with Gasteiger partial charge in [-0.05, 0) is 24.3 Å². The van der Waals surface area contributed by atoms with Gasteiger partial charge >= 0.3 is 5.97 Å². The molecule has 0 amide bonds. The van der Waals surface area contributed by atoms with E-state index in [1.54, 1.807) is 0 Å². The normalized spacial score (nSPS) is 10.1. The summed E-state index contributed by atoms with van der Waals surface area (Å²) in [4.78, 5) is 11.1. The van der Waals surface area contributed by atoms with Crippen molar-refractivity contribution in [2.75, 3.05) is 7.11 Å². The van der Waals surface area contributed by atoms with Crippen molar-refractivity contribution in [3.05, 3.63) is 42.0 Å². The molecular weight excluding hydrogens is 213 g/mol. The number of methoxy groups -OCH3 is 1. The average molecular weight is 221 g/mol. The van der Waals surface area contributed by atoms with Crippen molar-refractivity contribution in [2.24, 2.45) is 0 Å². The maximum absolute atomic E-state index is 12.7. The highest BCUT2D eigenvalue weighted by Gasteiger charge is 2.10. The second kappa shape index (κ2) is 4.09. The molecule has 0 saturated heterocycles. The Balaban J connectivity index is 2.31. The number of carbonyl (C=O) groups is 1. The van der Waals surface area contributed by atoms with E-state index in [1.165, 1.54) is 42.3 Å².